The molecule has 1 fully saturated rings. The molecule has 2 aromatic carbocycles. The molecule has 0 spiro atoms. The number of nitrogens with one attached hydrogen (secondary N) is 5. The second-order valence-electron chi connectivity index (χ2n) is 17.7. The molecule has 2 heterocycles. The second-order valence-corrected chi connectivity index (χ2v) is 17.7. The molecule has 0 bridgehead atoms. The van der Waals surface area contributed by atoms with E-state index in [2.05, 4.69) is 36.7 Å². The molecule has 4 rings (SSSR count). The highest BCUT2D eigenvalue weighted by molar-refractivity contribution is 5.98. The lowest BCUT2D eigenvalue weighted by Gasteiger charge is -2.32. The Bertz CT molecular complexity index is 1930. The number of Topliss-reactive ketones (excluding diaryl/α,β-unsaturated/α-hetero) is 1. The molecule has 0 aliphatic carbocycles. The zero-order chi connectivity index (χ0) is 47.2. The monoisotopic (exact) mass is 903 g/mol. The largest absolute Gasteiger partial charge is 0.509 e. The lowest BCUT2D eigenvalue weighted by molar-refractivity contribution is -0.144. The molecule has 17 heteroatoms. The molecule has 1 saturated heterocycles. The second kappa shape index (κ2) is 27.0. The fourth-order valence-electron chi connectivity index (χ4n) is 7.50. The van der Waals surface area contributed by atoms with Crippen LogP contribution in [0.25, 0.3) is 0 Å². The van der Waals surface area contributed by atoms with Gasteiger partial charge in [-0.15, -0.1) is 0 Å². The van der Waals surface area contributed by atoms with Gasteiger partial charge >= 0.3 is 6.16 Å². The van der Waals surface area contributed by atoms with Gasteiger partial charge in [-0.2, -0.15) is 15.4 Å². The average molecular weight is 903 g/mol. The molecular weight excluding hydrogens is 833 g/mol. The maximum atomic E-state index is 14.4. The quantitative estimate of drug-likeness (QED) is 0.0535. The number of aromatic amines is 1. The molecule has 5 N–H and O–H groups in total. The van der Waals surface area contributed by atoms with Gasteiger partial charge in [0.1, 0.15) is 18.1 Å². The number of carbonyl (C=O) groups excluding carboxylic acids is 6. The van der Waals surface area contributed by atoms with Gasteiger partial charge in [-0.25, -0.2) is 4.79 Å². The van der Waals surface area contributed by atoms with Gasteiger partial charge in [-0.05, 0) is 81.3 Å². The highest BCUT2D eigenvalue weighted by Crippen LogP contribution is 2.23. The van der Waals surface area contributed by atoms with Gasteiger partial charge < -0.3 is 35.5 Å². The molecule has 0 radical (unpaired) electrons. The molecular formula is C48H70N8O9. The summed E-state index contributed by atoms with van der Waals surface area (Å²) in [4.78, 5) is 85.4. The summed E-state index contributed by atoms with van der Waals surface area (Å²) in [6, 6.07) is 14.5. The lowest BCUT2D eigenvalue weighted by Crippen LogP contribution is -2.60. The van der Waals surface area contributed by atoms with Gasteiger partial charge in [-0.3, -0.25) is 28.9 Å². The maximum Gasteiger partial charge on any atom is 0.509 e. The minimum absolute atomic E-state index is 0.0445. The van der Waals surface area contributed by atoms with Crippen LogP contribution in [0.1, 0.15) is 96.9 Å². The molecule has 1 aliphatic rings. The first-order chi connectivity index (χ1) is 31.1. The van der Waals surface area contributed by atoms with E-state index in [1.165, 1.54) is 6.92 Å². The fourth-order valence-corrected chi connectivity index (χ4v) is 7.50. The van der Waals surface area contributed by atoms with Gasteiger partial charge in [0.25, 0.3) is 0 Å². The van der Waals surface area contributed by atoms with E-state index >= 15 is 0 Å². The number of H-pyrrole nitrogens is 1. The molecule has 1 aromatic heterocycles. The first-order valence-corrected chi connectivity index (χ1v) is 23.0. The Morgan fingerprint density at radius 3 is 1.95 bits per heavy atom. The van der Waals surface area contributed by atoms with Crippen LogP contribution in [0.5, 0.6) is 0 Å². The van der Waals surface area contributed by atoms with Crippen molar-refractivity contribution in [3.8, 4) is 0 Å². The van der Waals surface area contributed by atoms with Crippen LogP contribution in [-0.4, -0.2) is 125 Å². The number of hydrogen-bond acceptors (Lipinski definition) is 12. The summed E-state index contributed by atoms with van der Waals surface area (Å²) < 4.78 is 16.4. The predicted octanol–water partition coefficient (Wildman–Crippen LogP) is 4.26. The smallest absolute Gasteiger partial charge is 0.434 e. The molecule has 65 heavy (non-hydrogen) atoms. The van der Waals surface area contributed by atoms with Crippen LogP contribution in [0.4, 0.5) is 4.79 Å². The van der Waals surface area contributed by atoms with Crippen molar-refractivity contribution in [2.75, 3.05) is 39.5 Å². The summed E-state index contributed by atoms with van der Waals surface area (Å²) in [5.41, 5.74) is 0.900. The van der Waals surface area contributed by atoms with Gasteiger partial charge in [-0.1, -0.05) is 95.3 Å². The number of hydrogen-bond donors (Lipinski definition) is 5. The molecule has 1 aliphatic heterocycles. The topological polar surface area (TPSA) is 223 Å². The highest BCUT2D eigenvalue weighted by atomic mass is 16.7. The number of ketones is 1. The van der Waals surface area contributed by atoms with Gasteiger partial charge in [0.05, 0.1) is 44.3 Å². The van der Waals surface area contributed by atoms with Crippen LogP contribution < -0.4 is 21.3 Å². The number of amides is 4. The third-order valence-corrected chi connectivity index (χ3v) is 11.3. The van der Waals surface area contributed by atoms with E-state index in [0.717, 1.165) is 16.8 Å². The third-order valence-electron chi connectivity index (χ3n) is 11.3. The number of rotatable bonds is 27. The Hall–Kier alpha value is -5.68. The number of aryl methyl sites for hydroxylation is 2. The number of nitrogens with zero attached hydrogens (tertiary/aromatic N) is 3. The van der Waals surface area contributed by atoms with E-state index in [-0.39, 0.29) is 63.0 Å². The number of benzene rings is 2. The number of aromatic nitrogens is 3. The zero-order valence-electron chi connectivity index (χ0n) is 38.9. The normalized spacial score (nSPS) is 15.8. The van der Waals surface area contributed by atoms with E-state index in [9.17, 15) is 28.8 Å². The SMILES string of the molecule is CC[C@@](C)(OC(=O)OCCCCc1cn[nH]n1)C(=O)[C@H](CC(C)C)NC(=O)[C@H](Cc1ccccc1)NC(=O)[C@H](CC(C)C)NC(=O)[C@H](CCc1ccccc1)NC(=O)CN1CCOCC1. The van der Waals surface area contributed by atoms with Crippen LogP contribution in [0, 0.1) is 11.8 Å². The Labute approximate surface area is 383 Å². The zero-order valence-corrected chi connectivity index (χ0v) is 38.9. The minimum Gasteiger partial charge on any atom is -0.434 e. The molecule has 3 aromatic rings. The van der Waals surface area contributed by atoms with Gasteiger partial charge in [0.2, 0.25) is 23.6 Å². The predicted molar refractivity (Wildman–Crippen MR) is 244 cm³/mol. The van der Waals surface area contributed by atoms with Crippen molar-refractivity contribution in [1.82, 2.24) is 41.6 Å². The summed E-state index contributed by atoms with van der Waals surface area (Å²) in [5, 5.41) is 22.0. The first kappa shape index (κ1) is 51.9. The van der Waals surface area contributed by atoms with Crippen molar-refractivity contribution in [2.24, 2.45) is 11.8 Å². The van der Waals surface area contributed by atoms with E-state index in [1.54, 1.807) is 13.1 Å². The van der Waals surface area contributed by atoms with Crippen LogP contribution in [0.3, 0.4) is 0 Å². The van der Waals surface area contributed by atoms with Gasteiger partial charge in [0, 0.05) is 19.5 Å². The fraction of sp³-hybridized carbons (Fsp3) is 0.583. The number of unbranched alkanes of at least 4 members (excludes halogenated alkanes) is 1. The molecule has 0 unspecified atom stereocenters. The van der Waals surface area contributed by atoms with E-state index in [1.807, 2.05) is 93.3 Å². The van der Waals surface area contributed by atoms with Crippen LogP contribution in [0.15, 0.2) is 66.9 Å². The minimum atomic E-state index is -1.63. The van der Waals surface area contributed by atoms with E-state index < -0.39 is 59.4 Å². The van der Waals surface area contributed by atoms with Crippen LogP contribution in [-0.2, 0) is 57.4 Å². The molecule has 5 atom stereocenters. The highest BCUT2D eigenvalue weighted by Gasteiger charge is 2.42. The molecule has 17 nitrogen and oxygen atoms in total. The van der Waals surface area contributed by atoms with E-state index in [0.29, 0.717) is 52.0 Å². The third kappa shape index (κ3) is 18.4. The summed E-state index contributed by atoms with van der Waals surface area (Å²) in [6.45, 7) is 13.3. The van der Waals surface area contributed by atoms with Crippen molar-refractivity contribution in [3.63, 3.8) is 0 Å². The Kier molecular flexibility index (Phi) is 21.5. The van der Waals surface area contributed by atoms with Crippen molar-refractivity contribution in [3.05, 3.63) is 83.7 Å². The van der Waals surface area contributed by atoms with Crippen molar-refractivity contribution in [1.29, 1.82) is 0 Å². The number of carbonyl (C=O) groups is 6. The van der Waals surface area contributed by atoms with Crippen molar-refractivity contribution >= 4 is 35.6 Å². The molecule has 0 saturated carbocycles. The first-order valence-electron chi connectivity index (χ1n) is 23.0. The van der Waals surface area contributed by atoms with E-state index in [4.69, 9.17) is 14.2 Å². The average Bonchev–Trinajstić information content (AvgIpc) is 3.81. The number of morpholine rings is 1. The maximum absolute atomic E-state index is 14.4. The number of ether oxygens (including phenoxy) is 3. The van der Waals surface area contributed by atoms with Gasteiger partial charge in [0.15, 0.2) is 11.4 Å². The summed E-state index contributed by atoms with van der Waals surface area (Å²) >= 11 is 0. The van der Waals surface area contributed by atoms with Crippen LogP contribution >= 0.6 is 0 Å². The standard InChI is InChI=1S/C48H70N8O9/c1-7-48(6,65-47(62)64-25-15-14-20-37-31-49-55-54-37)43(58)39(28-33(2)3)51-46(61)41(30-36-18-12-9-13-19-36)53-45(60)40(29-34(4)5)52-44(59)38(22-21-35-16-10-8-11-17-35)50-42(57)32-56-23-26-63-27-24-56/h8-13,16-19,31,33-34,38-41H,7,14-15,20-30,32H2,1-6H3,(H,50,57)(H,51,61)(H,52,59)(H,53,60)(H,49,54,55)/t38-,39-,40-,41-,48+/m0/s1. The van der Waals surface area contributed by atoms with Crippen molar-refractivity contribution < 1.29 is 43.0 Å². The Morgan fingerprint density at radius 1 is 0.754 bits per heavy atom. The molecule has 4 amide bonds. The lowest BCUT2D eigenvalue weighted by atomic mass is 9.87. The summed E-state index contributed by atoms with van der Waals surface area (Å²) in [7, 11) is 0. The summed E-state index contributed by atoms with van der Waals surface area (Å²) in [6.07, 6.45) is 3.96. The Morgan fingerprint density at radius 2 is 1.34 bits per heavy atom. The van der Waals surface area contributed by atoms with Crippen molar-refractivity contribution in [2.45, 2.75) is 129 Å². The van der Waals surface area contributed by atoms with Crippen LogP contribution in [0.2, 0.25) is 0 Å². The molecule has 356 valence electrons. The Balaban J connectivity index is 1.49. The summed E-state index contributed by atoms with van der Waals surface area (Å²) in [5.74, 6) is -2.67.